The van der Waals surface area contributed by atoms with E-state index in [1.54, 1.807) is 13.8 Å². The summed E-state index contributed by atoms with van der Waals surface area (Å²) in [5.41, 5.74) is 9.53. The smallest absolute Gasteiger partial charge is 0.426 e. The average molecular weight is 537 g/mol. The van der Waals surface area contributed by atoms with Gasteiger partial charge in [0.1, 0.15) is 12.2 Å². The van der Waals surface area contributed by atoms with Gasteiger partial charge < -0.3 is 18.9 Å². The summed E-state index contributed by atoms with van der Waals surface area (Å²) in [5, 5.41) is 0. The molecule has 4 atom stereocenters. The third-order valence-corrected chi connectivity index (χ3v) is 6.22. The van der Waals surface area contributed by atoms with Crippen LogP contribution in [0.1, 0.15) is 76.7 Å². The van der Waals surface area contributed by atoms with E-state index in [-0.39, 0.29) is 12.8 Å². The Morgan fingerprint density at radius 3 is 1.30 bits per heavy atom. The van der Waals surface area contributed by atoms with Gasteiger partial charge in [-0.05, 0) is 24.0 Å². The Hall–Kier alpha value is -2.91. The van der Waals surface area contributed by atoms with Crippen molar-refractivity contribution in [1.82, 2.24) is 5.50 Å². The van der Waals surface area contributed by atoms with Gasteiger partial charge in [0.25, 0.3) is 0 Å². The first-order chi connectivity index (χ1) is 17.7. The fourth-order valence-electron chi connectivity index (χ4n) is 3.31. The van der Waals surface area contributed by atoms with Crippen LogP contribution in [0.25, 0.3) is 0 Å². The second-order valence-electron chi connectivity index (χ2n) is 7.97. The Kier molecular flexibility index (Phi) is 12.6. The van der Waals surface area contributed by atoms with E-state index in [9.17, 15) is 14.2 Å². The van der Waals surface area contributed by atoms with Crippen LogP contribution in [-0.4, -0.2) is 24.9 Å². The third-order valence-electron chi connectivity index (χ3n) is 5.20. The van der Waals surface area contributed by atoms with Gasteiger partial charge in [-0.3, -0.25) is 9.05 Å². The molecular formula is C26H35NO9P. The maximum Gasteiger partial charge on any atom is 0.511 e. The molecule has 0 aliphatic heterocycles. The summed E-state index contributed by atoms with van der Waals surface area (Å²) in [6, 6.07) is 18.3. The second kappa shape index (κ2) is 15.4. The molecule has 2 aromatic carbocycles. The van der Waals surface area contributed by atoms with Gasteiger partial charge in [-0.2, -0.15) is 0 Å². The predicted octanol–water partition coefficient (Wildman–Crippen LogP) is 7.49. The van der Waals surface area contributed by atoms with E-state index in [1.165, 1.54) is 0 Å². The molecule has 0 aliphatic rings. The number of benzene rings is 2. The summed E-state index contributed by atoms with van der Waals surface area (Å²) in [6.07, 6.45) is -4.78. The van der Waals surface area contributed by atoms with Crippen LogP contribution in [0, 0.1) is 0 Å². The van der Waals surface area contributed by atoms with Gasteiger partial charge in [-0.25, -0.2) is 14.2 Å². The molecule has 1 N–H and O–H groups in total. The molecule has 0 saturated carbocycles. The number of carbonyl (C=O) groups is 2. The predicted molar refractivity (Wildman–Crippen MR) is 135 cm³/mol. The minimum absolute atomic E-state index is 0.0679. The standard InChI is InChI=1S/C26H35NO9P/c1-5-21(19-15-11-9-12-16-19)31-25(28)33-23(7-3)35-37(27,30)36-24(8-4)34-26(29)32-22(6-2)20-17-13-10-14-18-20/h9-18,21-24,27H,5-8H2,1-4H3. The van der Waals surface area contributed by atoms with Crippen molar-refractivity contribution in [3.05, 3.63) is 71.8 Å². The van der Waals surface area contributed by atoms with Gasteiger partial charge in [0.2, 0.25) is 12.6 Å². The van der Waals surface area contributed by atoms with E-state index in [2.05, 4.69) is 0 Å². The van der Waals surface area contributed by atoms with E-state index >= 15 is 0 Å². The largest absolute Gasteiger partial charge is 0.511 e. The van der Waals surface area contributed by atoms with Gasteiger partial charge in [-0.15, -0.1) is 5.50 Å². The summed E-state index contributed by atoms with van der Waals surface area (Å²) in [4.78, 5) is 24.6. The van der Waals surface area contributed by atoms with Crippen LogP contribution in [0.2, 0.25) is 0 Å². The number of ether oxygens (including phenoxy) is 4. The van der Waals surface area contributed by atoms with Crippen molar-refractivity contribution in [2.24, 2.45) is 0 Å². The quantitative estimate of drug-likeness (QED) is 0.137. The Balaban J connectivity index is 1.91. The number of nitrogens with one attached hydrogen (secondary N) is 1. The number of hydrogen-bond acceptors (Lipinski definition) is 9. The van der Waals surface area contributed by atoms with Crippen molar-refractivity contribution >= 4 is 20.1 Å². The highest BCUT2D eigenvalue weighted by Crippen LogP contribution is 2.46. The first-order valence-corrected chi connectivity index (χ1v) is 13.8. The number of carbonyl (C=O) groups excluding carboxylic acids is 2. The van der Waals surface area contributed by atoms with Crippen molar-refractivity contribution in [2.45, 2.75) is 78.2 Å². The Morgan fingerprint density at radius 2 is 1.00 bits per heavy atom. The van der Waals surface area contributed by atoms with Gasteiger partial charge in [0.15, 0.2) is 0 Å². The summed E-state index contributed by atoms with van der Waals surface area (Å²) < 4.78 is 43.8. The highest BCUT2D eigenvalue weighted by atomic mass is 31.2. The summed E-state index contributed by atoms with van der Waals surface area (Å²) in [6.45, 7) is 6.91. The molecule has 0 aliphatic carbocycles. The molecule has 10 nitrogen and oxygen atoms in total. The van der Waals surface area contributed by atoms with Crippen molar-refractivity contribution in [3.8, 4) is 0 Å². The maximum atomic E-state index is 12.7. The lowest BCUT2D eigenvalue weighted by Gasteiger charge is -2.24. The molecule has 0 heterocycles. The number of hydrogen-bond donors (Lipinski definition) is 0. The molecule has 2 rings (SSSR count). The van der Waals surface area contributed by atoms with Crippen LogP contribution in [0.15, 0.2) is 60.7 Å². The molecular weight excluding hydrogens is 501 g/mol. The molecule has 0 bridgehead atoms. The minimum Gasteiger partial charge on any atom is -0.426 e. The van der Waals surface area contributed by atoms with Gasteiger partial charge in [0.05, 0.1) is 0 Å². The first kappa shape index (κ1) is 30.3. The summed E-state index contributed by atoms with van der Waals surface area (Å²) >= 11 is 0. The zero-order valence-electron chi connectivity index (χ0n) is 21.5. The first-order valence-electron chi connectivity index (χ1n) is 12.3. The van der Waals surface area contributed by atoms with Gasteiger partial charge in [0, 0.05) is 12.8 Å². The Bertz CT molecular complexity index is 928. The zero-order valence-corrected chi connectivity index (χ0v) is 22.4. The van der Waals surface area contributed by atoms with Gasteiger partial charge in [-0.1, -0.05) is 88.4 Å². The third kappa shape index (κ3) is 10.5. The highest BCUT2D eigenvalue weighted by molar-refractivity contribution is 7.50. The normalized spacial score (nSPS) is 15.9. The SMILES string of the molecule is CCC(OC(=O)OC(CC)c1ccccc1)OP([NH])(=O)OC(CC)OC(=O)OC(CC)c1ccccc1. The van der Waals surface area contributed by atoms with Crippen LogP contribution in [-0.2, 0) is 32.6 Å². The molecule has 0 fully saturated rings. The maximum absolute atomic E-state index is 12.7. The van der Waals surface area contributed by atoms with E-state index in [4.69, 9.17) is 33.5 Å². The molecule has 1 radical (unpaired) electrons. The minimum atomic E-state index is -4.56. The topological polar surface area (TPSA) is 130 Å². The molecule has 0 amide bonds. The van der Waals surface area contributed by atoms with Crippen molar-refractivity contribution in [3.63, 3.8) is 0 Å². The molecule has 0 aromatic heterocycles. The van der Waals surface area contributed by atoms with Crippen LogP contribution >= 0.6 is 7.75 Å². The number of rotatable bonds is 14. The van der Waals surface area contributed by atoms with E-state index < -0.39 is 44.8 Å². The summed E-state index contributed by atoms with van der Waals surface area (Å²) in [5.74, 6) is 0. The van der Waals surface area contributed by atoms with Crippen molar-refractivity contribution in [2.75, 3.05) is 0 Å². The zero-order chi connectivity index (χ0) is 27.3. The van der Waals surface area contributed by atoms with Crippen LogP contribution in [0.4, 0.5) is 9.59 Å². The van der Waals surface area contributed by atoms with E-state index in [0.717, 1.165) is 11.1 Å². The Morgan fingerprint density at radius 1 is 0.649 bits per heavy atom. The molecule has 4 unspecified atom stereocenters. The lowest BCUT2D eigenvalue weighted by Crippen LogP contribution is -2.25. The summed E-state index contributed by atoms with van der Waals surface area (Å²) in [7, 11) is -4.56. The van der Waals surface area contributed by atoms with Crippen LogP contribution < -0.4 is 5.50 Å². The monoisotopic (exact) mass is 536 g/mol. The molecule has 11 heteroatoms. The molecule has 37 heavy (non-hydrogen) atoms. The Labute approximate surface area is 217 Å². The lowest BCUT2D eigenvalue weighted by atomic mass is 10.1. The lowest BCUT2D eigenvalue weighted by molar-refractivity contribution is -0.106. The molecule has 0 saturated heterocycles. The molecule has 0 spiro atoms. The molecule has 203 valence electrons. The highest BCUT2D eigenvalue weighted by Gasteiger charge is 2.33. The van der Waals surface area contributed by atoms with Crippen LogP contribution in [0.5, 0.6) is 0 Å². The average Bonchev–Trinajstić information content (AvgIpc) is 2.90. The van der Waals surface area contributed by atoms with Crippen LogP contribution in [0.3, 0.4) is 0 Å². The fourth-order valence-corrected chi connectivity index (χ4v) is 4.36. The van der Waals surface area contributed by atoms with E-state index in [1.807, 2.05) is 74.5 Å². The van der Waals surface area contributed by atoms with Crippen molar-refractivity contribution < 1.29 is 42.1 Å². The second-order valence-corrected chi connectivity index (χ2v) is 9.39. The van der Waals surface area contributed by atoms with E-state index in [0.29, 0.717) is 12.8 Å². The van der Waals surface area contributed by atoms with Gasteiger partial charge >= 0.3 is 20.1 Å². The fraction of sp³-hybridized carbons (Fsp3) is 0.462. The van der Waals surface area contributed by atoms with Crippen molar-refractivity contribution in [1.29, 1.82) is 0 Å². The molecule has 2 aromatic rings.